The highest BCUT2D eigenvalue weighted by Crippen LogP contribution is 2.05. The first-order valence-corrected chi connectivity index (χ1v) is 4.82. The van der Waals surface area contributed by atoms with Crippen molar-refractivity contribution < 1.29 is 19.4 Å². The molecule has 6 nitrogen and oxygen atoms in total. The third-order valence-corrected chi connectivity index (χ3v) is 2.25. The molecule has 1 heterocycles. The van der Waals surface area contributed by atoms with Gasteiger partial charge in [0.05, 0.1) is 13.2 Å². The van der Waals surface area contributed by atoms with Crippen molar-refractivity contribution in [3.05, 3.63) is 0 Å². The fourth-order valence-corrected chi connectivity index (χ4v) is 1.17. The quantitative estimate of drug-likeness (QED) is 0.675. The molecule has 0 spiro atoms. The Labute approximate surface area is 88.2 Å². The van der Waals surface area contributed by atoms with Crippen LogP contribution in [-0.2, 0) is 9.53 Å². The van der Waals surface area contributed by atoms with Crippen molar-refractivity contribution in [2.45, 2.75) is 19.4 Å². The first kappa shape index (κ1) is 11.8. The minimum atomic E-state index is -1.24. The molecule has 1 rings (SSSR count). The molecule has 0 atom stereocenters. The van der Waals surface area contributed by atoms with E-state index in [1.165, 1.54) is 13.8 Å². The summed E-state index contributed by atoms with van der Waals surface area (Å²) in [5.74, 6) is -1.05. The molecule has 0 radical (unpaired) electrons. The third kappa shape index (κ3) is 3.09. The van der Waals surface area contributed by atoms with E-state index in [-0.39, 0.29) is 6.03 Å². The van der Waals surface area contributed by atoms with Crippen molar-refractivity contribution in [3.63, 3.8) is 0 Å². The van der Waals surface area contributed by atoms with E-state index >= 15 is 0 Å². The Kier molecular flexibility index (Phi) is 3.52. The molecule has 0 aromatic rings. The van der Waals surface area contributed by atoms with Crippen molar-refractivity contribution in [1.29, 1.82) is 0 Å². The van der Waals surface area contributed by atoms with Crippen LogP contribution in [0.5, 0.6) is 0 Å². The van der Waals surface area contributed by atoms with Gasteiger partial charge in [0, 0.05) is 13.1 Å². The molecule has 0 aromatic carbocycles. The molecule has 0 bridgehead atoms. The van der Waals surface area contributed by atoms with E-state index in [1.54, 1.807) is 4.90 Å². The van der Waals surface area contributed by atoms with Crippen molar-refractivity contribution >= 4 is 12.0 Å². The normalized spacial score (nSPS) is 17.3. The van der Waals surface area contributed by atoms with Gasteiger partial charge in [0.2, 0.25) is 0 Å². The molecule has 1 aliphatic heterocycles. The average Bonchev–Trinajstić information content (AvgIpc) is 2.18. The van der Waals surface area contributed by atoms with Crippen LogP contribution in [-0.4, -0.2) is 53.8 Å². The van der Waals surface area contributed by atoms with Gasteiger partial charge >= 0.3 is 12.0 Å². The van der Waals surface area contributed by atoms with Crippen LogP contribution in [0.1, 0.15) is 13.8 Å². The van der Waals surface area contributed by atoms with Gasteiger partial charge in [-0.05, 0) is 13.8 Å². The van der Waals surface area contributed by atoms with Gasteiger partial charge in [0.25, 0.3) is 0 Å². The Hall–Kier alpha value is -1.30. The summed E-state index contributed by atoms with van der Waals surface area (Å²) in [5, 5.41) is 11.3. The first-order valence-electron chi connectivity index (χ1n) is 4.82. The fourth-order valence-electron chi connectivity index (χ4n) is 1.17. The molecule has 0 aromatic heterocycles. The van der Waals surface area contributed by atoms with Gasteiger partial charge < -0.3 is 20.1 Å². The highest BCUT2D eigenvalue weighted by atomic mass is 16.5. The molecule has 6 heteroatoms. The van der Waals surface area contributed by atoms with Crippen LogP contribution >= 0.6 is 0 Å². The number of ether oxygens (including phenoxy) is 1. The molecule has 86 valence electrons. The van der Waals surface area contributed by atoms with E-state index < -0.39 is 11.5 Å². The Bertz CT molecular complexity index is 259. The summed E-state index contributed by atoms with van der Waals surface area (Å²) < 4.78 is 5.09. The lowest BCUT2D eigenvalue weighted by molar-refractivity contribution is -0.143. The number of nitrogens with zero attached hydrogens (tertiary/aromatic N) is 1. The molecule has 2 N–H and O–H groups in total. The minimum Gasteiger partial charge on any atom is -0.480 e. The van der Waals surface area contributed by atoms with Gasteiger partial charge in [-0.1, -0.05) is 0 Å². The van der Waals surface area contributed by atoms with Gasteiger partial charge in [-0.25, -0.2) is 9.59 Å². The number of hydrogen-bond acceptors (Lipinski definition) is 3. The number of rotatable bonds is 2. The number of nitrogens with one attached hydrogen (secondary N) is 1. The van der Waals surface area contributed by atoms with Crippen LogP contribution in [0, 0.1) is 0 Å². The molecule has 1 fully saturated rings. The second kappa shape index (κ2) is 4.48. The first-order chi connectivity index (χ1) is 6.93. The topological polar surface area (TPSA) is 78.9 Å². The van der Waals surface area contributed by atoms with Crippen molar-refractivity contribution in [1.82, 2.24) is 10.2 Å². The highest BCUT2D eigenvalue weighted by Gasteiger charge is 2.31. The van der Waals surface area contributed by atoms with E-state index in [2.05, 4.69) is 5.32 Å². The summed E-state index contributed by atoms with van der Waals surface area (Å²) in [6, 6.07) is -0.356. The minimum absolute atomic E-state index is 0.356. The number of amides is 2. The maximum absolute atomic E-state index is 11.6. The van der Waals surface area contributed by atoms with Crippen LogP contribution in [0.3, 0.4) is 0 Å². The van der Waals surface area contributed by atoms with Crippen LogP contribution < -0.4 is 5.32 Å². The summed E-state index contributed by atoms with van der Waals surface area (Å²) in [6.45, 7) is 4.91. The van der Waals surface area contributed by atoms with Crippen LogP contribution in [0.15, 0.2) is 0 Å². The number of carboxylic acid groups (broad SMARTS) is 1. The Morgan fingerprint density at radius 2 is 1.87 bits per heavy atom. The lowest BCUT2D eigenvalue weighted by Crippen LogP contribution is -2.56. The van der Waals surface area contributed by atoms with E-state index in [1.807, 2.05) is 0 Å². The highest BCUT2D eigenvalue weighted by molar-refractivity contribution is 5.85. The largest absolute Gasteiger partial charge is 0.480 e. The summed E-state index contributed by atoms with van der Waals surface area (Å²) in [6.07, 6.45) is 0. The maximum Gasteiger partial charge on any atom is 0.328 e. The van der Waals surface area contributed by atoms with Gasteiger partial charge in [0.15, 0.2) is 0 Å². The second-order valence-electron chi connectivity index (χ2n) is 3.96. The molecule has 1 aliphatic rings. The molecule has 0 saturated carbocycles. The number of carbonyl (C=O) groups is 2. The molecule has 0 unspecified atom stereocenters. The standard InChI is InChI=1S/C9H16N2O4/c1-9(2,7(12)13)10-8(14)11-3-5-15-6-4-11/h3-6H2,1-2H3,(H,10,14)(H,12,13). The summed E-state index contributed by atoms with van der Waals surface area (Å²) in [5.41, 5.74) is -1.24. The molecule has 0 aliphatic carbocycles. The molecular formula is C9H16N2O4. The zero-order chi connectivity index (χ0) is 11.5. The van der Waals surface area contributed by atoms with E-state index in [9.17, 15) is 9.59 Å². The summed E-state index contributed by atoms with van der Waals surface area (Å²) >= 11 is 0. The van der Waals surface area contributed by atoms with Gasteiger partial charge in [-0.15, -0.1) is 0 Å². The third-order valence-electron chi connectivity index (χ3n) is 2.25. The predicted octanol–water partition coefficient (Wildman–Crippen LogP) is -0.109. The summed E-state index contributed by atoms with van der Waals surface area (Å²) in [7, 11) is 0. The number of urea groups is 1. The van der Waals surface area contributed by atoms with Gasteiger partial charge in [-0.2, -0.15) is 0 Å². The van der Waals surface area contributed by atoms with Crippen molar-refractivity contribution in [2.75, 3.05) is 26.3 Å². The number of carboxylic acids is 1. The molecular weight excluding hydrogens is 200 g/mol. The lowest BCUT2D eigenvalue weighted by atomic mass is 10.1. The maximum atomic E-state index is 11.6. The number of aliphatic carboxylic acids is 1. The monoisotopic (exact) mass is 216 g/mol. The van der Waals surface area contributed by atoms with E-state index in [4.69, 9.17) is 9.84 Å². The SMILES string of the molecule is CC(C)(NC(=O)N1CCOCC1)C(=O)O. The van der Waals surface area contributed by atoms with E-state index in [0.29, 0.717) is 26.3 Å². The van der Waals surface area contributed by atoms with E-state index in [0.717, 1.165) is 0 Å². The zero-order valence-electron chi connectivity index (χ0n) is 8.95. The zero-order valence-corrected chi connectivity index (χ0v) is 8.95. The van der Waals surface area contributed by atoms with Gasteiger partial charge in [0.1, 0.15) is 5.54 Å². The molecule has 15 heavy (non-hydrogen) atoms. The lowest BCUT2D eigenvalue weighted by Gasteiger charge is -2.30. The Morgan fingerprint density at radius 3 is 2.33 bits per heavy atom. The number of morpholine rings is 1. The van der Waals surface area contributed by atoms with Gasteiger partial charge in [-0.3, -0.25) is 0 Å². The van der Waals surface area contributed by atoms with Crippen molar-refractivity contribution in [3.8, 4) is 0 Å². The summed E-state index contributed by atoms with van der Waals surface area (Å²) in [4.78, 5) is 23.9. The number of hydrogen-bond donors (Lipinski definition) is 2. The fraction of sp³-hybridized carbons (Fsp3) is 0.778. The van der Waals surface area contributed by atoms with Crippen LogP contribution in [0.2, 0.25) is 0 Å². The Balaban J connectivity index is 2.50. The van der Waals surface area contributed by atoms with Crippen LogP contribution in [0.25, 0.3) is 0 Å². The number of carbonyl (C=O) groups excluding carboxylic acids is 1. The molecule has 2 amide bonds. The Morgan fingerprint density at radius 1 is 1.33 bits per heavy atom. The smallest absolute Gasteiger partial charge is 0.328 e. The van der Waals surface area contributed by atoms with Crippen molar-refractivity contribution in [2.24, 2.45) is 0 Å². The second-order valence-corrected chi connectivity index (χ2v) is 3.96. The predicted molar refractivity (Wildman–Crippen MR) is 52.6 cm³/mol. The van der Waals surface area contributed by atoms with Crippen LogP contribution in [0.4, 0.5) is 4.79 Å². The average molecular weight is 216 g/mol. The molecule has 1 saturated heterocycles.